The van der Waals surface area contributed by atoms with Crippen LogP contribution in [0, 0.1) is 5.92 Å². The lowest BCUT2D eigenvalue weighted by Gasteiger charge is -2.46. The first kappa shape index (κ1) is 32.2. The molecular weight excluding hydrogens is 577 g/mol. The molecular formula is C39H44N2O3S. The van der Waals surface area contributed by atoms with Crippen LogP contribution < -0.4 is 4.90 Å². The van der Waals surface area contributed by atoms with Crippen molar-refractivity contribution in [3.8, 4) is 0 Å². The lowest BCUT2D eigenvalue weighted by molar-refractivity contribution is 0.0314. The number of carbonyl (C=O) groups excluding carboxylic acids is 1. The molecule has 0 saturated carbocycles. The Hall–Kier alpha value is -4.16. The van der Waals surface area contributed by atoms with Crippen molar-refractivity contribution in [1.29, 1.82) is 0 Å². The third-order valence-corrected chi connectivity index (χ3v) is 8.77. The van der Waals surface area contributed by atoms with E-state index in [0.29, 0.717) is 24.2 Å². The number of para-hydroxylation sites is 1. The van der Waals surface area contributed by atoms with Crippen LogP contribution in [-0.4, -0.2) is 34.4 Å². The number of amides is 1. The first-order chi connectivity index (χ1) is 21.6. The summed E-state index contributed by atoms with van der Waals surface area (Å²) in [5.41, 5.74) is 2.78. The summed E-state index contributed by atoms with van der Waals surface area (Å²) in [6, 6.07) is 38.8. The van der Waals surface area contributed by atoms with Gasteiger partial charge in [0.15, 0.2) is 0 Å². The lowest BCUT2D eigenvalue weighted by Crippen LogP contribution is -2.53. The maximum Gasteiger partial charge on any atom is 0.416 e. The number of nitrogens with zero attached hydrogens (tertiary/aromatic N) is 2. The average Bonchev–Trinajstić information content (AvgIpc) is 3.36. The number of benzene rings is 4. The summed E-state index contributed by atoms with van der Waals surface area (Å²) in [4.78, 5) is 19.1. The molecule has 234 valence electrons. The maximum atomic E-state index is 15.1. The summed E-state index contributed by atoms with van der Waals surface area (Å²) in [5.74, 6) is 0.491. The van der Waals surface area contributed by atoms with Gasteiger partial charge in [-0.2, -0.15) is 0 Å². The van der Waals surface area contributed by atoms with Gasteiger partial charge >= 0.3 is 6.09 Å². The fraction of sp³-hybridized carbons (Fsp3) is 0.333. The largest absolute Gasteiger partial charge is 0.466 e. The van der Waals surface area contributed by atoms with Crippen LogP contribution in [0.3, 0.4) is 0 Å². The van der Waals surface area contributed by atoms with Crippen LogP contribution in [0.2, 0.25) is 0 Å². The lowest BCUT2D eigenvalue weighted by atomic mass is 9.75. The first-order valence-corrected chi connectivity index (χ1v) is 16.3. The fourth-order valence-corrected chi connectivity index (χ4v) is 6.48. The second-order valence-electron chi connectivity index (χ2n) is 12.9. The minimum absolute atomic E-state index is 0.00420. The van der Waals surface area contributed by atoms with Gasteiger partial charge in [-0.25, -0.2) is 4.79 Å². The standard InChI is InChI=1S/C39H44N2O3S/c1-29(2)25-26-38(4,5)44-36(42)41(35-24-16-15-17-31(35)28-40-27-30(3)43-37(40)45)39(32-18-9-6-10-19-32,33-20-11-7-12-21-33)34-22-13-8-14-23-34/h6-24,29-30H,25-28H2,1-5H3. The minimum Gasteiger partial charge on any atom is -0.466 e. The zero-order valence-electron chi connectivity index (χ0n) is 27.0. The third-order valence-electron chi connectivity index (χ3n) is 8.41. The number of hydrogen-bond donors (Lipinski definition) is 0. The highest BCUT2D eigenvalue weighted by Crippen LogP contribution is 2.46. The van der Waals surface area contributed by atoms with E-state index in [1.165, 1.54) is 0 Å². The van der Waals surface area contributed by atoms with Gasteiger partial charge in [0.05, 0.1) is 12.2 Å². The van der Waals surface area contributed by atoms with Crippen molar-refractivity contribution < 1.29 is 14.3 Å². The number of hydrogen-bond acceptors (Lipinski definition) is 4. The minimum atomic E-state index is -1.07. The predicted molar refractivity (Wildman–Crippen MR) is 186 cm³/mol. The van der Waals surface area contributed by atoms with E-state index < -0.39 is 17.2 Å². The number of anilines is 1. The quantitative estimate of drug-likeness (QED) is 0.123. The van der Waals surface area contributed by atoms with Crippen molar-refractivity contribution in [2.75, 3.05) is 11.4 Å². The van der Waals surface area contributed by atoms with E-state index in [1.54, 1.807) is 0 Å². The molecule has 1 fully saturated rings. The second-order valence-corrected chi connectivity index (χ2v) is 13.3. The molecule has 1 aliphatic rings. The molecule has 45 heavy (non-hydrogen) atoms. The molecule has 1 heterocycles. The molecule has 0 N–H and O–H groups in total. The van der Waals surface area contributed by atoms with E-state index in [-0.39, 0.29) is 6.10 Å². The molecule has 4 aromatic rings. The van der Waals surface area contributed by atoms with Crippen LogP contribution in [-0.2, 0) is 21.6 Å². The van der Waals surface area contributed by atoms with E-state index in [9.17, 15) is 0 Å². The number of carbonyl (C=O) groups is 1. The van der Waals surface area contributed by atoms with Crippen molar-refractivity contribution in [2.45, 2.75) is 71.2 Å². The van der Waals surface area contributed by atoms with E-state index in [0.717, 1.165) is 40.8 Å². The summed E-state index contributed by atoms with van der Waals surface area (Å²) in [7, 11) is 0. The normalized spacial score (nSPS) is 15.2. The first-order valence-electron chi connectivity index (χ1n) is 15.8. The summed E-state index contributed by atoms with van der Waals surface area (Å²) < 4.78 is 12.4. The average molecular weight is 621 g/mol. The van der Waals surface area contributed by atoms with Gasteiger partial charge in [0.2, 0.25) is 0 Å². The van der Waals surface area contributed by atoms with Gasteiger partial charge in [0.1, 0.15) is 17.2 Å². The molecule has 0 spiro atoms. The Bertz CT molecular complexity index is 1480. The Kier molecular flexibility index (Phi) is 9.93. The second kappa shape index (κ2) is 13.9. The molecule has 1 aliphatic heterocycles. The summed E-state index contributed by atoms with van der Waals surface area (Å²) in [5, 5.41) is 0.474. The molecule has 5 nitrogen and oxygen atoms in total. The van der Waals surface area contributed by atoms with Crippen LogP contribution in [0.4, 0.5) is 10.5 Å². The molecule has 4 aromatic carbocycles. The highest BCUT2D eigenvalue weighted by molar-refractivity contribution is 7.80. The summed E-state index contributed by atoms with van der Waals surface area (Å²) in [6.07, 6.45) is 1.28. The van der Waals surface area contributed by atoms with E-state index in [1.807, 2.05) is 98.5 Å². The molecule has 0 aliphatic carbocycles. The molecule has 5 rings (SSSR count). The summed E-state index contributed by atoms with van der Waals surface area (Å²) in [6.45, 7) is 11.6. The van der Waals surface area contributed by atoms with Gasteiger partial charge in [0, 0.05) is 6.54 Å². The highest BCUT2D eigenvalue weighted by Gasteiger charge is 2.48. The predicted octanol–water partition coefficient (Wildman–Crippen LogP) is 9.34. The third kappa shape index (κ3) is 7.07. The van der Waals surface area contributed by atoms with Crippen LogP contribution >= 0.6 is 12.2 Å². The van der Waals surface area contributed by atoms with Crippen LogP contribution in [0.5, 0.6) is 0 Å². The van der Waals surface area contributed by atoms with Gasteiger partial charge in [-0.15, -0.1) is 0 Å². The van der Waals surface area contributed by atoms with Gasteiger partial charge in [-0.3, -0.25) is 4.90 Å². The zero-order chi connectivity index (χ0) is 32.0. The van der Waals surface area contributed by atoms with Crippen molar-refractivity contribution in [3.05, 3.63) is 138 Å². The van der Waals surface area contributed by atoms with Crippen molar-refractivity contribution >= 4 is 29.2 Å². The monoisotopic (exact) mass is 620 g/mol. The SMILES string of the molecule is CC(C)CCC(C)(C)OC(=O)N(c1ccccc1CN1CC(C)OC1=S)C(c1ccccc1)(c1ccccc1)c1ccccc1. The number of rotatable bonds is 11. The summed E-state index contributed by atoms with van der Waals surface area (Å²) >= 11 is 5.60. The van der Waals surface area contributed by atoms with E-state index in [4.69, 9.17) is 21.7 Å². The van der Waals surface area contributed by atoms with Crippen molar-refractivity contribution in [3.63, 3.8) is 0 Å². The van der Waals surface area contributed by atoms with Crippen LogP contribution in [0.25, 0.3) is 0 Å². The van der Waals surface area contributed by atoms with Crippen LogP contribution in [0.15, 0.2) is 115 Å². The van der Waals surface area contributed by atoms with E-state index >= 15 is 4.79 Å². The van der Waals surface area contributed by atoms with Crippen molar-refractivity contribution in [1.82, 2.24) is 4.90 Å². The smallest absolute Gasteiger partial charge is 0.416 e. The molecule has 1 atom stereocenters. The molecule has 1 saturated heterocycles. The van der Waals surface area contributed by atoms with Gasteiger partial charge in [-0.1, -0.05) is 123 Å². The topological polar surface area (TPSA) is 42.0 Å². The molecule has 0 bridgehead atoms. The molecule has 1 unspecified atom stereocenters. The molecule has 0 aromatic heterocycles. The Labute approximate surface area is 273 Å². The number of thiocarbonyl (C=S) groups is 1. The van der Waals surface area contributed by atoms with Gasteiger partial charge < -0.3 is 14.4 Å². The molecule has 1 amide bonds. The van der Waals surface area contributed by atoms with E-state index in [2.05, 4.69) is 61.2 Å². The Morgan fingerprint density at radius 2 is 1.36 bits per heavy atom. The van der Waals surface area contributed by atoms with Crippen molar-refractivity contribution in [2.24, 2.45) is 5.92 Å². The fourth-order valence-electron chi connectivity index (χ4n) is 6.18. The van der Waals surface area contributed by atoms with Gasteiger partial charge in [-0.05, 0) is 80.1 Å². The zero-order valence-corrected chi connectivity index (χ0v) is 27.8. The molecule has 0 radical (unpaired) electrons. The Balaban J connectivity index is 1.79. The Morgan fingerprint density at radius 3 is 1.82 bits per heavy atom. The number of ether oxygens (including phenoxy) is 2. The van der Waals surface area contributed by atoms with Crippen LogP contribution in [0.1, 0.15) is 69.7 Å². The van der Waals surface area contributed by atoms with Gasteiger partial charge in [0.25, 0.3) is 5.17 Å². The maximum absolute atomic E-state index is 15.1. The Morgan fingerprint density at radius 1 is 0.867 bits per heavy atom. The highest BCUT2D eigenvalue weighted by atomic mass is 32.1. The molecule has 6 heteroatoms.